The van der Waals surface area contributed by atoms with Crippen molar-refractivity contribution in [2.24, 2.45) is 11.8 Å². The number of rotatable bonds is 5. The van der Waals surface area contributed by atoms with E-state index in [2.05, 4.69) is 5.32 Å². The van der Waals surface area contributed by atoms with Gasteiger partial charge in [0.1, 0.15) is 0 Å². The van der Waals surface area contributed by atoms with Gasteiger partial charge in [0, 0.05) is 5.92 Å². The summed E-state index contributed by atoms with van der Waals surface area (Å²) in [6, 6.07) is 0. The Morgan fingerprint density at radius 1 is 1.50 bits per heavy atom. The van der Waals surface area contributed by atoms with Gasteiger partial charge >= 0.3 is 12.3 Å². The van der Waals surface area contributed by atoms with Gasteiger partial charge < -0.3 is 10.6 Å². The summed E-state index contributed by atoms with van der Waals surface area (Å²) in [7, 11) is 0. The van der Waals surface area contributed by atoms with Gasteiger partial charge in [-0.2, -0.15) is 8.78 Å². The second-order valence-corrected chi connectivity index (χ2v) is 3.99. The molecule has 1 amide bonds. The predicted octanol–water partition coefficient (Wildman–Crippen LogP) is 0.858. The molecule has 0 saturated carbocycles. The fourth-order valence-corrected chi connectivity index (χ4v) is 1.32. The highest BCUT2D eigenvalue weighted by Crippen LogP contribution is 2.22. The number of hydrogen-bond donors (Lipinski definition) is 2. The molecule has 0 spiro atoms. The molecule has 1 fully saturated rings. The first kappa shape index (κ1) is 13.2. The lowest BCUT2D eigenvalue weighted by Crippen LogP contribution is -2.51. The van der Waals surface area contributed by atoms with Crippen LogP contribution in [0.25, 0.3) is 0 Å². The molecule has 1 aliphatic rings. The Balaban J connectivity index is 2.34. The summed E-state index contributed by atoms with van der Waals surface area (Å²) in [5.74, 6) is -5.10. The molecule has 1 aliphatic heterocycles. The van der Waals surface area contributed by atoms with Crippen LogP contribution in [0, 0.1) is 11.8 Å². The summed E-state index contributed by atoms with van der Waals surface area (Å²) in [6.07, 6.45) is -3.76. The third kappa shape index (κ3) is 3.07. The Morgan fingerprint density at radius 2 is 2.06 bits per heavy atom. The van der Waals surface area contributed by atoms with Crippen molar-refractivity contribution in [3.05, 3.63) is 0 Å². The average molecular weight is 242 g/mol. The molecule has 1 unspecified atom stereocenters. The minimum absolute atomic E-state index is 0.0974. The largest absolute Gasteiger partial charge is 0.350 e. The number of amides is 1. The van der Waals surface area contributed by atoms with E-state index in [1.807, 2.05) is 5.32 Å². The molecule has 1 heterocycles. The highest BCUT2D eigenvalue weighted by Gasteiger charge is 2.41. The molecule has 0 aromatic heterocycles. The van der Waals surface area contributed by atoms with Crippen molar-refractivity contribution in [2.75, 3.05) is 19.6 Å². The summed E-state index contributed by atoms with van der Waals surface area (Å²) in [5.41, 5.74) is 0. The molecule has 1 rings (SSSR count). The molecule has 1 atom stereocenters. The second kappa shape index (κ2) is 4.99. The zero-order chi connectivity index (χ0) is 12.3. The normalized spacial score (nSPS) is 19.4. The maximum Gasteiger partial charge on any atom is 0.324 e. The summed E-state index contributed by atoms with van der Waals surface area (Å²) in [4.78, 5) is 11.3. The minimum atomic E-state index is -4.16. The maximum atomic E-state index is 12.5. The van der Waals surface area contributed by atoms with Crippen LogP contribution in [-0.2, 0) is 4.79 Å². The van der Waals surface area contributed by atoms with E-state index in [4.69, 9.17) is 0 Å². The zero-order valence-corrected chi connectivity index (χ0v) is 8.77. The van der Waals surface area contributed by atoms with Crippen LogP contribution in [0.2, 0.25) is 0 Å². The molecule has 16 heavy (non-hydrogen) atoms. The molecule has 0 aliphatic carbocycles. The van der Waals surface area contributed by atoms with E-state index in [0.29, 0.717) is 13.1 Å². The average Bonchev–Trinajstić information content (AvgIpc) is 2.11. The smallest absolute Gasteiger partial charge is 0.324 e. The van der Waals surface area contributed by atoms with Gasteiger partial charge in [0.15, 0.2) is 0 Å². The molecule has 0 radical (unpaired) electrons. The van der Waals surface area contributed by atoms with Crippen molar-refractivity contribution in [3.8, 4) is 0 Å². The molecule has 0 aromatic carbocycles. The second-order valence-electron chi connectivity index (χ2n) is 3.99. The summed E-state index contributed by atoms with van der Waals surface area (Å²) in [6.45, 7) is 1.59. The van der Waals surface area contributed by atoms with Crippen LogP contribution in [0.3, 0.4) is 0 Å². The molecule has 3 nitrogen and oxygen atoms in total. The number of carbonyl (C=O) groups is 1. The zero-order valence-electron chi connectivity index (χ0n) is 8.77. The first-order chi connectivity index (χ1) is 7.34. The van der Waals surface area contributed by atoms with Crippen LogP contribution >= 0.6 is 0 Å². The van der Waals surface area contributed by atoms with Crippen molar-refractivity contribution in [1.82, 2.24) is 10.6 Å². The number of carbonyl (C=O) groups excluding carboxylic acids is 1. The Morgan fingerprint density at radius 3 is 2.44 bits per heavy atom. The van der Waals surface area contributed by atoms with Crippen LogP contribution in [0.5, 0.6) is 0 Å². The van der Waals surface area contributed by atoms with Crippen LogP contribution < -0.4 is 10.6 Å². The predicted molar refractivity (Wildman–Crippen MR) is 49.5 cm³/mol. The Labute approximate surface area is 90.6 Å². The maximum absolute atomic E-state index is 12.5. The van der Waals surface area contributed by atoms with E-state index >= 15 is 0 Å². The van der Waals surface area contributed by atoms with Crippen molar-refractivity contribution >= 4 is 5.91 Å². The summed E-state index contributed by atoms with van der Waals surface area (Å²) < 4.78 is 48.6. The van der Waals surface area contributed by atoms with E-state index in [1.54, 1.807) is 6.92 Å². The monoisotopic (exact) mass is 242 g/mol. The fraction of sp³-hybridized carbons (Fsp3) is 0.889. The molecule has 1 saturated heterocycles. The van der Waals surface area contributed by atoms with Crippen molar-refractivity contribution in [3.63, 3.8) is 0 Å². The lowest BCUT2D eigenvalue weighted by Gasteiger charge is -2.32. The molecule has 7 heteroatoms. The van der Waals surface area contributed by atoms with Gasteiger partial charge in [-0.1, -0.05) is 6.92 Å². The lowest BCUT2D eigenvalue weighted by atomic mass is 9.88. The van der Waals surface area contributed by atoms with Crippen molar-refractivity contribution in [2.45, 2.75) is 19.3 Å². The van der Waals surface area contributed by atoms with Gasteiger partial charge in [-0.25, -0.2) is 8.78 Å². The quantitative estimate of drug-likeness (QED) is 0.702. The van der Waals surface area contributed by atoms with Crippen molar-refractivity contribution in [1.29, 1.82) is 0 Å². The van der Waals surface area contributed by atoms with Crippen molar-refractivity contribution < 1.29 is 22.4 Å². The number of halogens is 4. The lowest BCUT2D eigenvalue weighted by molar-refractivity contribution is -0.139. The Hall–Kier alpha value is -0.850. The third-order valence-corrected chi connectivity index (χ3v) is 2.75. The molecular weight excluding hydrogens is 228 g/mol. The molecule has 2 N–H and O–H groups in total. The van der Waals surface area contributed by atoms with Crippen LogP contribution in [0.15, 0.2) is 0 Å². The molecular formula is C9H14F4N2O. The first-order valence-corrected chi connectivity index (χ1v) is 4.99. The third-order valence-electron chi connectivity index (χ3n) is 2.75. The Bertz CT molecular complexity index is 256. The number of hydrogen-bond acceptors (Lipinski definition) is 2. The standard InChI is InChI=1S/C9H14F4N2O/c1-5(6-2-14-3-6)7(16)15-4-9(12,13)8(10)11/h5-6,8,14H,2-4H2,1H3,(H,15,16). The van der Waals surface area contributed by atoms with Crippen LogP contribution in [-0.4, -0.2) is 37.9 Å². The van der Waals surface area contributed by atoms with Crippen LogP contribution in [0.4, 0.5) is 17.6 Å². The molecule has 94 valence electrons. The van der Waals surface area contributed by atoms with Crippen LogP contribution in [0.1, 0.15) is 6.92 Å². The first-order valence-electron chi connectivity index (χ1n) is 4.99. The van der Waals surface area contributed by atoms with Gasteiger partial charge in [0.25, 0.3) is 0 Å². The Kier molecular flexibility index (Phi) is 4.12. The molecule has 0 aromatic rings. The van der Waals surface area contributed by atoms with E-state index in [0.717, 1.165) is 0 Å². The molecule has 0 bridgehead atoms. The van der Waals surface area contributed by atoms with Gasteiger partial charge in [0.2, 0.25) is 5.91 Å². The summed E-state index contributed by atoms with van der Waals surface area (Å²) in [5, 5.41) is 4.80. The van der Waals surface area contributed by atoms with E-state index in [1.165, 1.54) is 0 Å². The van der Waals surface area contributed by atoms with Gasteiger partial charge in [-0.05, 0) is 19.0 Å². The van der Waals surface area contributed by atoms with E-state index < -0.39 is 30.7 Å². The number of alkyl halides is 4. The van der Waals surface area contributed by atoms with Gasteiger partial charge in [0.05, 0.1) is 6.54 Å². The topological polar surface area (TPSA) is 41.1 Å². The van der Waals surface area contributed by atoms with E-state index in [-0.39, 0.29) is 5.92 Å². The highest BCUT2D eigenvalue weighted by atomic mass is 19.3. The number of nitrogens with one attached hydrogen (secondary N) is 2. The van der Waals surface area contributed by atoms with E-state index in [9.17, 15) is 22.4 Å². The summed E-state index contributed by atoms with van der Waals surface area (Å²) >= 11 is 0. The minimum Gasteiger partial charge on any atom is -0.350 e. The SMILES string of the molecule is CC(C(=O)NCC(F)(F)C(F)F)C1CNC1. The van der Waals surface area contributed by atoms with Gasteiger partial charge in [-0.15, -0.1) is 0 Å². The highest BCUT2D eigenvalue weighted by molar-refractivity contribution is 5.78. The van der Waals surface area contributed by atoms with Gasteiger partial charge in [-0.3, -0.25) is 4.79 Å². The fourth-order valence-electron chi connectivity index (χ4n) is 1.32.